The molecule has 1 atom stereocenters. The van der Waals surface area contributed by atoms with Crippen molar-refractivity contribution in [2.24, 2.45) is 11.8 Å². The number of amides is 2. The van der Waals surface area contributed by atoms with Crippen molar-refractivity contribution in [1.82, 2.24) is 15.6 Å². The molecular formula is C15H27N3O2S. The molecule has 1 unspecified atom stereocenters. The van der Waals surface area contributed by atoms with Gasteiger partial charge in [0, 0.05) is 18.0 Å². The number of aromatic nitrogens is 1. The lowest BCUT2D eigenvalue weighted by Gasteiger charge is -2.18. The second-order valence-electron chi connectivity index (χ2n) is 5.81. The van der Waals surface area contributed by atoms with Gasteiger partial charge in [-0.2, -0.15) is 0 Å². The number of hydrogen-bond acceptors (Lipinski definition) is 4. The number of aliphatic hydroxyl groups excluding tert-OH is 1. The molecule has 0 aliphatic carbocycles. The SMILES string of the molecule is Cc1nc(CNC(=O)NCC(CCO)CC(C)C)c(C)s1. The summed E-state index contributed by atoms with van der Waals surface area (Å²) in [5.74, 6) is 0.885. The van der Waals surface area contributed by atoms with Crippen molar-refractivity contribution < 1.29 is 9.90 Å². The van der Waals surface area contributed by atoms with E-state index in [1.54, 1.807) is 11.3 Å². The van der Waals surface area contributed by atoms with Gasteiger partial charge in [-0.05, 0) is 38.5 Å². The van der Waals surface area contributed by atoms with Crippen molar-refractivity contribution in [3.05, 3.63) is 15.6 Å². The summed E-state index contributed by atoms with van der Waals surface area (Å²) in [5.41, 5.74) is 0.932. The second-order valence-corrected chi connectivity index (χ2v) is 7.21. The van der Waals surface area contributed by atoms with E-state index in [1.165, 1.54) is 0 Å². The number of aliphatic hydroxyl groups is 1. The molecule has 0 saturated heterocycles. The quantitative estimate of drug-likeness (QED) is 0.690. The molecule has 1 aromatic rings. The maximum atomic E-state index is 11.8. The molecule has 3 N–H and O–H groups in total. The molecule has 0 aromatic carbocycles. The molecule has 0 saturated carbocycles. The number of hydrogen-bond donors (Lipinski definition) is 3. The van der Waals surface area contributed by atoms with Crippen LogP contribution in [0.1, 0.15) is 42.3 Å². The van der Waals surface area contributed by atoms with Gasteiger partial charge in [0.05, 0.1) is 17.2 Å². The Morgan fingerprint density at radius 3 is 2.57 bits per heavy atom. The van der Waals surface area contributed by atoms with Crippen LogP contribution in [-0.2, 0) is 6.54 Å². The molecule has 1 rings (SSSR count). The number of thiazole rings is 1. The number of carbonyl (C=O) groups is 1. The summed E-state index contributed by atoms with van der Waals surface area (Å²) in [4.78, 5) is 17.4. The van der Waals surface area contributed by atoms with E-state index in [4.69, 9.17) is 5.11 Å². The van der Waals surface area contributed by atoms with Crippen LogP contribution in [0.15, 0.2) is 0 Å². The summed E-state index contributed by atoms with van der Waals surface area (Å²) in [5, 5.41) is 15.8. The van der Waals surface area contributed by atoms with Crippen LogP contribution in [0, 0.1) is 25.7 Å². The van der Waals surface area contributed by atoms with Gasteiger partial charge >= 0.3 is 6.03 Å². The van der Waals surface area contributed by atoms with Gasteiger partial charge in [0.25, 0.3) is 0 Å². The van der Waals surface area contributed by atoms with E-state index in [2.05, 4.69) is 29.5 Å². The van der Waals surface area contributed by atoms with Gasteiger partial charge in [0.2, 0.25) is 0 Å². The number of nitrogens with one attached hydrogen (secondary N) is 2. The fourth-order valence-electron chi connectivity index (χ4n) is 2.35. The van der Waals surface area contributed by atoms with E-state index in [0.29, 0.717) is 24.9 Å². The highest BCUT2D eigenvalue weighted by Crippen LogP contribution is 2.16. The normalized spacial score (nSPS) is 12.5. The maximum Gasteiger partial charge on any atom is 0.315 e. The van der Waals surface area contributed by atoms with Crippen LogP contribution in [0.25, 0.3) is 0 Å². The smallest absolute Gasteiger partial charge is 0.315 e. The molecule has 0 aliphatic rings. The number of nitrogens with zero attached hydrogens (tertiary/aromatic N) is 1. The van der Waals surface area contributed by atoms with Crippen LogP contribution in [0.2, 0.25) is 0 Å². The summed E-state index contributed by atoms with van der Waals surface area (Å²) in [7, 11) is 0. The molecule has 1 aromatic heterocycles. The molecule has 0 fully saturated rings. The summed E-state index contributed by atoms with van der Waals surface area (Å²) in [6.07, 6.45) is 1.73. The van der Waals surface area contributed by atoms with Crippen LogP contribution in [-0.4, -0.2) is 29.3 Å². The average molecular weight is 313 g/mol. The lowest BCUT2D eigenvalue weighted by Crippen LogP contribution is -2.38. The summed E-state index contributed by atoms with van der Waals surface area (Å²) in [6, 6.07) is -0.174. The zero-order valence-corrected chi connectivity index (χ0v) is 14.2. The van der Waals surface area contributed by atoms with Gasteiger partial charge in [-0.1, -0.05) is 13.8 Å². The Morgan fingerprint density at radius 2 is 2.05 bits per heavy atom. The first-order valence-corrected chi connectivity index (χ1v) is 8.29. The number of urea groups is 1. The first-order valence-electron chi connectivity index (χ1n) is 7.47. The number of rotatable bonds is 8. The van der Waals surface area contributed by atoms with Crippen molar-refractivity contribution in [3.63, 3.8) is 0 Å². The Hall–Kier alpha value is -1.14. The first kappa shape index (κ1) is 17.9. The third-order valence-corrected chi connectivity index (χ3v) is 4.24. The Labute approximate surface area is 131 Å². The molecule has 0 aliphatic heterocycles. The minimum absolute atomic E-state index is 0.165. The van der Waals surface area contributed by atoms with Crippen molar-refractivity contribution in [2.75, 3.05) is 13.2 Å². The minimum Gasteiger partial charge on any atom is -0.396 e. The Kier molecular flexibility index (Phi) is 7.67. The molecule has 2 amide bonds. The monoisotopic (exact) mass is 313 g/mol. The maximum absolute atomic E-state index is 11.8. The van der Waals surface area contributed by atoms with E-state index in [9.17, 15) is 4.79 Å². The lowest BCUT2D eigenvalue weighted by atomic mass is 9.94. The molecule has 0 radical (unpaired) electrons. The van der Waals surface area contributed by atoms with Crippen molar-refractivity contribution in [3.8, 4) is 0 Å². The van der Waals surface area contributed by atoms with Gasteiger partial charge in [-0.15, -0.1) is 11.3 Å². The Bertz CT molecular complexity index is 446. The zero-order chi connectivity index (χ0) is 15.8. The van der Waals surface area contributed by atoms with Crippen LogP contribution in [0.5, 0.6) is 0 Å². The Morgan fingerprint density at radius 1 is 1.33 bits per heavy atom. The van der Waals surface area contributed by atoms with Gasteiger partial charge in [0.15, 0.2) is 0 Å². The zero-order valence-electron chi connectivity index (χ0n) is 13.4. The third kappa shape index (κ3) is 6.91. The average Bonchev–Trinajstić information content (AvgIpc) is 2.71. The van der Waals surface area contributed by atoms with Crippen LogP contribution in [0.3, 0.4) is 0 Å². The minimum atomic E-state index is -0.174. The lowest BCUT2D eigenvalue weighted by molar-refractivity contribution is 0.224. The van der Waals surface area contributed by atoms with Crippen molar-refractivity contribution in [1.29, 1.82) is 0 Å². The van der Waals surface area contributed by atoms with Gasteiger partial charge in [-0.25, -0.2) is 9.78 Å². The van der Waals surface area contributed by atoms with Crippen LogP contribution in [0.4, 0.5) is 4.79 Å². The highest BCUT2D eigenvalue weighted by molar-refractivity contribution is 7.11. The van der Waals surface area contributed by atoms with Crippen molar-refractivity contribution >= 4 is 17.4 Å². The van der Waals surface area contributed by atoms with E-state index in [0.717, 1.165) is 28.4 Å². The van der Waals surface area contributed by atoms with Crippen LogP contribution >= 0.6 is 11.3 Å². The van der Waals surface area contributed by atoms with E-state index >= 15 is 0 Å². The van der Waals surface area contributed by atoms with Crippen molar-refractivity contribution in [2.45, 2.75) is 47.1 Å². The second kappa shape index (κ2) is 9.00. The Balaban J connectivity index is 2.33. The molecule has 5 nitrogen and oxygen atoms in total. The summed E-state index contributed by atoms with van der Waals surface area (Å²) < 4.78 is 0. The topological polar surface area (TPSA) is 74.2 Å². The molecule has 21 heavy (non-hydrogen) atoms. The van der Waals surface area contributed by atoms with E-state index in [1.807, 2.05) is 13.8 Å². The van der Waals surface area contributed by atoms with E-state index < -0.39 is 0 Å². The standard InChI is InChI=1S/C15H27N3O2S/c1-10(2)7-13(5-6-19)8-16-15(20)17-9-14-11(3)21-12(4)18-14/h10,13,19H,5-9H2,1-4H3,(H2,16,17,20). The number of carbonyl (C=O) groups excluding carboxylic acids is 1. The largest absolute Gasteiger partial charge is 0.396 e. The third-order valence-electron chi connectivity index (χ3n) is 3.31. The summed E-state index contributed by atoms with van der Waals surface area (Å²) >= 11 is 1.64. The van der Waals surface area contributed by atoms with Gasteiger partial charge < -0.3 is 15.7 Å². The molecular weight excluding hydrogens is 286 g/mol. The number of aryl methyl sites for hydroxylation is 2. The molecule has 1 heterocycles. The first-order chi connectivity index (χ1) is 9.92. The van der Waals surface area contributed by atoms with Gasteiger partial charge in [-0.3, -0.25) is 0 Å². The van der Waals surface area contributed by atoms with Crippen LogP contribution < -0.4 is 10.6 Å². The van der Waals surface area contributed by atoms with Gasteiger partial charge in [0.1, 0.15) is 0 Å². The molecule has 6 heteroatoms. The van der Waals surface area contributed by atoms with E-state index in [-0.39, 0.29) is 12.6 Å². The summed E-state index contributed by atoms with van der Waals surface area (Å²) in [6.45, 7) is 9.50. The highest BCUT2D eigenvalue weighted by Gasteiger charge is 2.12. The fourth-order valence-corrected chi connectivity index (χ4v) is 3.19. The molecule has 120 valence electrons. The molecule has 0 spiro atoms. The predicted octanol–water partition coefficient (Wildman–Crippen LogP) is 2.60. The predicted molar refractivity (Wildman–Crippen MR) is 86.5 cm³/mol. The fraction of sp³-hybridized carbons (Fsp3) is 0.733. The highest BCUT2D eigenvalue weighted by atomic mass is 32.1. The molecule has 0 bridgehead atoms.